The average molecular weight is 340 g/mol. The van der Waals surface area contributed by atoms with Crippen molar-refractivity contribution in [1.29, 1.82) is 0 Å². The number of carbonyl (C=O) groups excluding carboxylic acids is 1. The van der Waals surface area contributed by atoms with Crippen molar-refractivity contribution >= 4 is 17.5 Å². The molecule has 0 bridgehead atoms. The summed E-state index contributed by atoms with van der Waals surface area (Å²) in [4.78, 5) is 14.1. The maximum Gasteiger partial charge on any atom is 0.246 e. The zero-order valence-electron chi connectivity index (χ0n) is 12.5. The van der Waals surface area contributed by atoms with E-state index in [9.17, 15) is 9.18 Å². The number of hydrogen-bond acceptors (Lipinski definition) is 5. The Balaban J connectivity index is 1.67. The normalized spacial score (nSPS) is 18.2. The van der Waals surface area contributed by atoms with Crippen molar-refractivity contribution in [2.24, 2.45) is 0 Å². The quantitative estimate of drug-likeness (QED) is 0.858. The van der Waals surface area contributed by atoms with Gasteiger partial charge in [-0.1, -0.05) is 17.7 Å². The fourth-order valence-corrected chi connectivity index (χ4v) is 2.64. The predicted molar refractivity (Wildman–Crippen MR) is 79.4 cm³/mol. The third kappa shape index (κ3) is 3.68. The first-order valence-corrected chi connectivity index (χ1v) is 7.54. The molecular weight excluding hydrogens is 325 g/mol. The summed E-state index contributed by atoms with van der Waals surface area (Å²) < 4.78 is 24.0. The molecule has 1 aliphatic rings. The van der Waals surface area contributed by atoms with Crippen LogP contribution in [0.1, 0.15) is 23.4 Å². The molecule has 23 heavy (non-hydrogen) atoms. The van der Waals surface area contributed by atoms with Crippen LogP contribution < -0.4 is 0 Å². The second-order valence-corrected chi connectivity index (χ2v) is 5.68. The molecule has 1 amide bonds. The van der Waals surface area contributed by atoms with Gasteiger partial charge in [0.15, 0.2) is 6.10 Å². The number of carbonyl (C=O) groups is 1. The lowest BCUT2D eigenvalue weighted by Crippen LogP contribution is -2.43. The van der Waals surface area contributed by atoms with Gasteiger partial charge in [0.05, 0.1) is 19.6 Å². The molecule has 1 fully saturated rings. The van der Waals surface area contributed by atoms with Gasteiger partial charge in [-0.05, 0) is 17.7 Å². The molecule has 0 aliphatic carbocycles. The van der Waals surface area contributed by atoms with E-state index in [1.165, 1.54) is 18.2 Å². The van der Waals surface area contributed by atoms with E-state index in [1.54, 1.807) is 11.8 Å². The predicted octanol–water partition coefficient (Wildman–Crippen LogP) is 2.31. The van der Waals surface area contributed by atoms with Crippen molar-refractivity contribution in [2.45, 2.75) is 19.4 Å². The van der Waals surface area contributed by atoms with Gasteiger partial charge in [0.2, 0.25) is 17.7 Å². The molecule has 122 valence electrons. The number of morpholine rings is 1. The van der Waals surface area contributed by atoms with E-state index in [0.717, 1.165) is 0 Å². The van der Waals surface area contributed by atoms with Gasteiger partial charge in [-0.3, -0.25) is 4.79 Å². The largest absolute Gasteiger partial charge is 0.423 e. The van der Waals surface area contributed by atoms with Gasteiger partial charge in [-0.25, -0.2) is 4.39 Å². The Morgan fingerprint density at radius 3 is 3.00 bits per heavy atom. The Morgan fingerprint density at radius 2 is 2.30 bits per heavy atom. The molecule has 1 unspecified atom stereocenters. The van der Waals surface area contributed by atoms with Crippen molar-refractivity contribution in [3.8, 4) is 0 Å². The monoisotopic (exact) mass is 339 g/mol. The van der Waals surface area contributed by atoms with E-state index in [1.807, 2.05) is 0 Å². The van der Waals surface area contributed by atoms with E-state index in [-0.39, 0.29) is 17.4 Å². The van der Waals surface area contributed by atoms with Gasteiger partial charge >= 0.3 is 0 Å². The number of halogens is 2. The lowest BCUT2D eigenvalue weighted by Gasteiger charge is -2.31. The van der Waals surface area contributed by atoms with Crippen LogP contribution in [-0.4, -0.2) is 40.7 Å². The molecular formula is C15H15ClFN3O3. The Kier molecular flexibility index (Phi) is 4.58. The second kappa shape index (κ2) is 6.64. The lowest BCUT2D eigenvalue weighted by molar-refractivity contribution is -0.139. The molecule has 1 aromatic heterocycles. The van der Waals surface area contributed by atoms with Gasteiger partial charge in [-0.2, -0.15) is 0 Å². The summed E-state index contributed by atoms with van der Waals surface area (Å²) in [5.74, 6) is 0.275. The van der Waals surface area contributed by atoms with Gasteiger partial charge in [0.25, 0.3) is 0 Å². The molecule has 2 aromatic rings. The van der Waals surface area contributed by atoms with E-state index >= 15 is 0 Å². The molecule has 0 saturated carbocycles. The highest BCUT2D eigenvalue weighted by molar-refractivity contribution is 6.31. The van der Waals surface area contributed by atoms with Crippen molar-refractivity contribution in [1.82, 2.24) is 15.1 Å². The van der Waals surface area contributed by atoms with Gasteiger partial charge < -0.3 is 14.1 Å². The Hall–Kier alpha value is -1.99. The van der Waals surface area contributed by atoms with Crippen LogP contribution in [0.25, 0.3) is 0 Å². The summed E-state index contributed by atoms with van der Waals surface area (Å²) in [7, 11) is 0. The van der Waals surface area contributed by atoms with Crippen molar-refractivity contribution in [3.05, 3.63) is 46.4 Å². The maximum absolute atomic E-state index is 13.1. The number of aryl methyl sites for hydroxylation is 1. The van der Waals surface area contributed by atoms with E-state index < -0.39 is 11.9 Å². The minimum Gasteiger partial charge on any atom is -0.423 e. The molecule has 1 aromatic carbocycles. The molecule has 0 radical (unpaired) electrons. The first-order valence-electron chi connectivity index (χ1n) is 7.16. The van der Waals surface area contributed by atoms with Crippen molar-refractivity contribution < 1.29 is 18.3 Å². The van der Waals surface area contributed by atoms with Crippen molar-refractivity contribution in [2.75, 3.05) is 19.7 Å². The van der Waals surface area contributed by atoms with Gasteiger partial charge in [0.1, 0.15) is 5.82 Å². The zero-order valence-corrected chi connectivity index (χ0v) is 13.2. The maximum atomic E-state index is 13.1. The molecule has 1 saturated heterocycles. The van der Waals surface area contributed by atoms with E-state index in [4.69, 9.17) is 20.8 Å². The summed E-state index contributed by atoms with van der Waals surface area (Å²) >= 11 is 5.97. The highest BCUT2D eigenvalue weighted by Crippen LogP contribution is 2.23. The fourth-order valence-electron chi connectivity index (χ4n) is 2.41. The van der Waals surface area contributed by atoms with Crippen LogP contribution in [0.4, 0.5) is 4.39 Å². The number of hydrogen-bond donors (Lipinski definition) is 0. The summed E-state index contributed by atoms with van der Waals surface area (Å²) in [6.07, 6.45) is -0.327. The van der Waals surface area contributed by atoms with Crippen LogP contribution in [0, 0.1) is 12.7 Å². The standard InChI is InChI=1S/C15H15ClFN3O3/c1-9-18-19-15(23-9)13-8-20(4-5-22-13)14(21)6-10-2-3-11(17)7-12(10)16/h2-3,7,13H,4-6,8H2,1H3. The first-order chi connectivity index (χ1) is 11.0. The van der Waals surface area contributed by atoms with E-state index in [2.05, 4.69) is 10.2 Å². The number of rotatable bonds is 3. The highest BCUT2D eigenvalue weighted by Gasteiger charge is 2.29. The topological polar surface area (TPSA) is 68.5 Å². The molecule has 2 heterocycles. The number of nitrogens with zero attached hydrogens (tertiary/aromatic N) is 3. The molecule has 6 nitrogen and oxygen atoms in total. The first kappa shape index (κ1) is 15.9. The Labute approximate surface area is 137 Å². The average Bonchev–Trinajstić information content (AvgIpc) is 2.97. The summed E-state index contributed by atoms with van der Waals surface area (Å²) in [6, 6.07) is 4.01. The van der Waals surface area contributed by atoms with Crippen LogP contribution in [0.2, 0.25) is 5.02 Å². The summed E-state index contributed by atoms with van der Waals surface area (Å²) in [5.41, 5.74) is 0.592. The molecule has 1 atom stereocenters. The number of benzene rings is 1. The molecule has 0 N–H and O–H groups in total. The molecule has 8 heteroatoms. The number of amides is 1. The SMILES string of the molecule is Cc1nnc(C2CN(C(=O)Cc3ccc(F)cc3Cl)CCO2)o1. The summed E-state index contributed by atoms with van der Waals surface area (Å²) in [5, 5.41) is 7.94. The number of aromatic nitrogens is 2. The lowest BCUT2D eigenvalue weighted by atomic mass is 10.1. The van der Waals surface area contributed by atoms with Crippen molar-refractivity contribution in [3.63, 3.8) is 0 Å². The third-order valence-corrected chi connectivity index (χ3v) is 3.94. The van der Waals surface area contributed by atoms with Crippen LogP contribution in [-0.2, 0) is 16.0 Å². The molecule has 3 rings (SSSR count). The Bertz CT molecular complexity index is 722. The number of ether oxygens (including phenoxy) is 1. The van der Waals surface area contributed by atoms with Gasteiger partial charge in [0, 0.05) is 18.5 Å². The minimum atomic E-state index is -0.433. The molecule has 0 spiro atoms. The Morgan fingerprint density at radius 1 is 1.48 bits per heavy atom. The fraction of sp³-hybridized carbons (Fsp3) is 0.400. The third-order valence-electron chi connectivity index (χ3n) is 3.59. The molecule has 1 aliphatic heterocycles. The highest BCUT2D eigenvalue weighted by atomic mass is 35.5. The van der Waals surface area contributed by atoms with Crippen LogP contribution in [0.5, 0.6) is 0 Å². The second-order valence-electron chi connectivity index (χ2n) is 5.27. The smallest absolute Gasteiger partial charge is 0.246 e. The van der Waals surface area contributed by atoms with E-state index in [0.29, 0.717) is 37.0 Å². The van der Waals surface area contributed by atoms with Crippen LogP contribution in [0.3, 0.4) is 0 Å². The van der Waals surface area contributed by atoms with Crippen LogP contribution in [0.15, 0.2) is 22.6 Å². The van der Waals surface area contributed by atoms with Gasteiger partial charge in [-0.15, -0.1) is 10.2 Å². The summed E-state index contributed by atoms with van der Waals surface area (Å²) in [6.45, 7) is 2.88. The minimum absolute atomic E-state index is 0.106. The zero-order chi connectivity index (χ0) is 16.4. The van der Waals surface area contributed by atoms with Crippen LogP contribution >= 0.6 is 11.6 Å².